The number of likely N-dealkylation sites (tertiary alicyclic amines) is 2. The fourth-order valence-electron chi connectivity index (χ4n) is 8.46. The average molecular weight is 688 g/mol. The molecule has 2 aliphatic heterocycles. The average Bonchev–Trinajstić information content (AvgIpc) is 3.17. The van der Waals surface area contributed by atoms with Gasteiger partial charge >= 0.3 is 0 Å². The summed E-state index contributed by atoms with van der Waals surface area (Å²) in [4.78, 5) is 5.02. The smallest absolute Gasteiger partial charge is 0.253 e. The Kier molecular flexibility index (Phi) is 12.2. The largest absolute Gasteiger partial charge is 0.299 e. The van der Waals surface area contributed by atoms with Crippen molar-refractivity contribution in [3.8, 4) is 29.3 Å². The van der Waals surface area contributed by atoms with Crippen LogP contribution in [-0.4, -0.2) is 36.0 Å². The summed E-state index contributed by atoms with van der Waals surface area (Å²) in [5, 5.41) is 30.2. The van der Waals surface area contributed by atoms with Gasteiger partial charge < -0.3 is 0 Å². The van der Waals surface area contributed by atoms with Crippen LogP contribution in [0.25, 0.3) is 11.1 Å². The zero-order chi connectivity index (χ0) is 36.5. The van der Waals surface area contributed by atoms with Crippen LogP contribution in [0.5, 0.6) is 0 Å². The summed E-state index contributed by atoms with van der Waals surface area (Å²) in [5.41, 5.74) is 12.6. The van der Waals surface area contributed by atoms with E-state index in [1.165, 1.54) is 102 Å². The SMILES string of the molecule is Cc1cc(CN2CCCCC2)ccc1CCc1cccc(-c2cccc(CCc3ccc(CN4CCCCC4)cc3C(C#N)(C#N)C#N)c2C)c1C. The molecule has 5 heteroatoms. The number of hydrogen-bond acceptors (Lipinski definition) is 5. The normalized spacial score (nSPS) is 15.5. The highest BCUT2D eigenvalue weighted by Crippen LogP contribution is 2.33. The molecule has 266 valence electrons. The van der Waals surface area contributed by atoms with Crippen LogP contribution in [0.3, 0.4) is 0 Å². The highest BCUT2D eigenvalue weighted by atomic mass is 15.1. The number of hydrogen-bond donors (Lipinski definition) is 0. The summed E-state index contributed by atoms with van der Waals surface area (Å²) in [6, 6.07) is 32.6. The van der Waals surface area contributed by atoms with Crippen LogP contribution in [0.4, 0.5) is 0 Å². The fraction of sp³-hybridized carbons (Fsp3) is 0.426. The molecule has 6 rings (SSSR count). The second kappa shape index (κ2) is 17.2. The first kappa shape index (κ1) is 37.0. The number of nitrogens with zero attached hydrogens (tertiary/aromatic N) is 5. The minimum absolute atomic E-state index is 0.540. The molecular formula is C47H53N5. The van der Waals surface area contributed by atoms with Crippen LogP contribution in [0.2, 0.25) is 0 Å². The minimum atomic E-state index is -1.82. The van der Waals surface area contributed by atoms with Gasteiger partial charge in [-0.3, -0.25) is 9.80 Å². The van der Waals surface area contributed by atoms with Gasteiger partial charge in [0.25, 0.3) is 5.41 Å². The minimum Gasteiger partial charge on any atom is -0.299 e. The van der Waals surface area contributed by atoms with Crippen molar-refractivity contribution < 1.29 is 0 Å². The Labute approximate surface area is 312 Å². The molecule has 2 fully saturated rings. The van der Waals surface area contributed by atoms with Gasteiger partial charge in [0, 0.05) is 18.7 Å². The maximum Gasteiger partial charge on any atom is 0.253 e. The summed E-state index contributed by atoms with van der Waals surface area (Å²) in [6.45, 7) is 13.1. The second-order valence-corrected chi connectivity index (χ2v) is 15.2. The van der Waals surface area contributed by atoms with Gasteiger partial charge in [0.15, 0.2) is 0 Å². The van der Waals surface area contributed by atoms with E-state index in [1.807, 2.05) is 12.1 Å². The van der Waals surface area contributed by atoms with Crippen LogP contribution in [-0.2, 0) is 44.2 Å². The number of rotatable bonds is 12. The van der Waals surface area contributed by atoms with E-state index in [9.17, 15) is 15.8 Å². The van der Waals surface area contributed by atoms with Gasteiger partial charge in [-0.25, -0.2) is 0 Å². The molecule has 0 saturated carbocycles. The van der Waals surface area contributed by atoms with Crippen molar-refractivity contribution in [2.75, 3.05) is 26.2 Å². The number of benzene rings is 4. The highest BCUT2D eigenvalue weighted by molar-refractivity contribution is 5.72. The van der Waals surface area contributed by atoms with Gasteiger partial charge in [-0.2, -0.15) is 15.8 Å². The zero-order valence-corrected chi connectivity index (χ0v) is 31.5. The Morgan fingerprint density at radius 2 is 0.962 bits per heavy atom. The summed E-state index contributed by atoms with van der Waals surface area (Å²) >= 11 is 0. The molecule has 52 heavy (non-hydrogen) atoms. The van der Waals surface area contributed by atoms with E-state index < -0.39 is 5.41 Å². The molecule has 2 heterocycles. The van der Waals surface area contributed by atoms with E-state index in [4.69, 9.17) is 0 Å². The molecule has 0 aliphatic carbocycles. The Balaban J connectivity index is 1.18. The van der Waals surface area contributed by atoms with Gasteiger partial charge in [0.05, 0.1) is 0 Å². The number of piperidine rings is 2. The lowest BCUT2D eigenvalue weighted by Crippen LogP contribution is -2.29. The second-order valence-electron chi connectivity index (χ2n) is 15.2. The summed E-state index contributed by atoms with van der Waals surface area (Å²) in [7, 11) is 0. The summed E-state index contributed by atoms with van der Waals surface area (Å²) in [5.74, 6) is 0. The van der Waals surface area contributed by atoms with Crippen LogP contribution in [0.15, 0.2) is 72.8 Å². The summed E-state index contributed by atoms with van der Waals surface area (Å²) in [6.07, 6.45) is 11.1. The van der Waals surface area contributed by atoms with Gasteiger partial charge in [-0.15, -0.1) is 0 Å². The molecule has 2 aliphatic rings. The Bertz CT molecular complexity index is 1960. The molecular weight excluding hydrogens is 635 g/mol. The molecule has 4 aromatic rings. The van der Waals surface area contributed by atoms with Gasteiger partial charge in [-0.1, -0.05) is 85.6 Å². The first-order valence-electron chi connectivity index (χ1n) is 19.4. The standard InChI is InChI=1S/C47H53N5/c1-35-28-38(30-51-24-6-4-7-25-51)16-18-40(35)20-21-41-12-10-14-44(36(41)2)45-15-11-13-42(37(45)3)22-23-43-19-17-39(31-52-26-8-5-9-27-52)29-46(43)47(32-48,33-49)34-50/h10-19,28-29H,4-9,20-27,30-31H2,1-3H3. The first-order chi connectivity index (χ1) is 25.3. The Morgan fingerprint density at radius 3 is 1.44 bits per heavy atom. The van der Waals surface area contributed by atoms with Crippen molar-refractivity contribution in [1.82, 2.24) is 9.80 Å². The van der Waals surface area contributed by atoms with E-state index in [2.05, 4.69) is 109 Å². The lowest BCUT2D eigenvalue weighted by atomic mass is 9.79. The lowest BCUT2D eigenvalue weighted by molar-refractivity contribution is 0.221. The predicted octanol–water partition coefficient (Wildman–Crippen LogP) is 9.63. The quantitative estimate of drug-likeness (QED) is 0.148. The van der Waals surface area contributed by atoms with Crippen molar-refractivity contribution in [2.24, 2.45) is 0 Å². The van der Waals surface area contributed by atoms with Gasteiger partial charge in [0.1, 0.15) is 18.2 Å². The maximum absolute atomic E-state index is 10.1. The molecule has 0 atom stereocenters. The molecule has 0 aromatic heterocycles. The third-order valence-corrected chi connectivity index (χ3v) is 11.7. The van der Waals surface area contributed by atoms with Crippen molar-refractivity contribution in [1.29, 1.82) is 15.8 Å². The fourth-order valence-corrected chi connectivity index (χ4v) is 8.46. The van der Waals surface area contributed by atoms with E-state index in [0.717, 1.165) is 56.6 Å². The van der Waals surface area contributed by atoms with E-state index in [-0.39, 0.29) is 0 Å². The molecule has 0 spiro atoms. The highest BCUT2D eigenvalue weighted by Gasteiger charge is 2.35. The lowest BCUT2D eigenvalue weighted by Gasteiger charge is -2.27. The van der Waals surface area contributed by atoms with Crippen molar-refractivity contribution in [2.45, 2.75) is 103 Å². The predicted molar refractivity (Wildman–Crippen MR) is 211 cm³/mol. The maximum atomic E-state index is 10.1. The summed E-state index contributed by atoms with van der Waals surface area (Å²) < 4.78 is 0. The van der Waals surface area contributed by atoms with Crippen LogP contribution < -0.4 is 0 Å². The Morgan fingerprint density at radius 1 is 0.519 bits per heavy atom. The van der Waals surface area contributed by atoms with E-state index >= 15 is 0 Å². The van der Waals surface area contributed by atoms with Crippen molar-refractivity contribution >= 4 is 0 Å². The van der Waals surface area contributed by atoms with Gasteiger partial charge in [0.2, 0.25) is 0 Å². The number of nitriles is 3. The van der Waals surface area contributed by atoms with E-state index in [0.29, 0.717) is 12.0 Å². The van der Waals surface area contributed by atoms with Crippen molar-refractivity contribution in [3.05, 3.63) is 128 Å². The topological polar surface area (TPSA) is 77.8 Å². The van der Waals surface area contributed by atoms with Crippen LogP contribution in [0, 0.1) is 54.8 Å². The van der Waals surface area contributed by atoms with E-state index in [1.54, 1.807) is 0 Å². The zero-order valence-electron chi connectivity index (χ0n) is 31.5. The molecule has 4 aromatic carbocycles. The van der Waals surface area contributed by atoms with Crippen molar-refractivity contribution in [3.63, 3.8) is 0 Å². The molecule has 0 radical (unpaired) electrons. The third-order valence-electron chi connectivity index (χ3n) is 11.7. The molecule has 2 saturated heterocycles. The molecule has 0 bridgehead atoms. The van der Waals surface area contributed by atoms with Crippen LogP contribution in [0.1, 0.15) is 94.2 Å². The van der Waals surface area contributed by atoms with Crippen LogP contribution >= 0.6 is 0 Å². The third kappa shape index (κ3) is 8.48. The molecule has 0 N–H and O–H groups in total. The monoisotopic (exact) mass is 687 g/mol. The van der Waals surface area contributed by atoms with Gasteiger partial charge in [-0.05, 0) is 160 Å². The first-order valence-corrected chi connectivity index (χ1v) is 19.4. The Hall–Kier alpha value is -4.73. The molecule has 5 nitrogen and oxygen atoms in total. The molecule has 0 amide bonds. The number of aryl methyl sites for hydroxylation is 5. The molecule has 0 unspecified atom stereocenters.